The van der Waals surface area contributed by atoms with Crippen LogP contribution in [0.2, 0.25) is 0 Å². The summed E-state index contributed by atoms with van der Waals surface area (Å²) in [5.41, 5.74) is -0.423. The van der Waals surface area contributed by atoms with Gasteiger partial charge in [0.25, 0.3) is 0 Å². The Kier molecular flexibility index (Phi) is 4.10. The number of ether oxygens (including phenoxy) is 1. The van der Waals surface area contributed by atoms with E-state index in [0.717, 1.165) is 12.3 Å². The Morgan fingerprint density at radius 3 is 2.52 bits per heavy atom. The topological polar surface area (TPSA) is 123 Å². The van der Waals surface area contributed by atoms with Crippen LogP contribution in [0.15, 0.2) is 36.5 Å². The van der Waals surface area contributed by atoms with Gasteiger partial charge in [0.2, 0.25) is 5.88 Å². The number of nitrogens with zero attached hydrogens (tertiary/aromatic N) is 2. The summed E-state index contributed by atoms with van der Waals surface area (Å²) in [6.07, 6.45) is 0.834. The first-order chi connectivity index (χ1) is 10.0. The SMILES string of the molecule is O=C(O)c1cc(Oc2ccc(CO)cc2)ncc1[N+](=O)[O-]. The zero-order chi connectivity index (χ0) is 15.4. The van der Waals surface area contributed by atoms with E-state index in [-0.39, 0.29) is 12.5 Å². The van der Waals surface area contributed by atoms with Crippen LogP contribution in [-0.2, 0) is 6.61 Å². The first-order valence-corrected chi connectivity index (χ1v) is 5.76. The fourth-order valence-corrected chi connectivity index (χ4v) is 1.59. The highest BCUT2D eigenvalue weighted by Gasteiger charge is 2.21. The fraction of sp³-hybridized carbons (Fsp3) is 0.0769. The second-order valence-electron chi connectivity index (χ2n) is 4.01. The zero-order valence-electron chi connectivity index (χ0n) is 10.6. The molecule has 0 fully saturated rings. The fourth-order valence-electron chi connectivity index (χ4n) is 1.59. The molecule has 1 heterocycles. The summed E-state index contributed by atoms with van der Waals surface area (Å²) in [4.78, 5) is 24.6. The number of hydrogen-bond acceptors (Lipinski definition) is 6. The van der Waals surface area contributed by atoms with E-state index in [2.05, 4.69) is 4.98 Å². The number of carboxylic acids is 1. The molecule has 0 saturated heterocycles. The van der Waals surface area contributed by atoms with Crippen LogP contribution in [0, 0.1) is 10.1 Å². The predicted octanol–water partition coefficient (Wildman–Crippen LogP) is 1.97. The average Bonchev–Trinajstić information content (AvgIpc) is 2.47. The monoisotopic (exact) mass is 290 g/mol. The van der Waals surface area contributed by atoms with Crippen molar-refractivity contribution in [2.45, 2.75) is 6.61 Å². The third-order valence-corrected chi connectivity index (χ3v) is 2.61. The molecule has 2 aromatic rings. The van der Waals surface area contributed by atoms with Crippen LogP contribution in [0.4, 0.5) is 5.69 Å². The molecular formula is C13H10N2O6. The van der Waals surface area contributed by atoms with Gasteiger partial charge in [0.15, 0.2) is 0 Å². The molecule has 8 nitrogen and oxygen atoms in total. The van der Waals surface area contributed by atoms with Crippen molar-refractivity contribution in [3.8, 4) is 11.6 Å². The molecule has 2 rings (SSSR count). The van der Waals surface area contributed by atoms with Crippen LogP contribution in [0.3, 0.4) is 0 Å². The average molecular weight is 290 g/mol. The Hall–Kier alpha value is -3.00. The van der Waals surface area contributed by atoms with Gasteiger partial charge in [0.05, 0.1) is 11.5 Å². The summed E-state index contributed by atoms with van der Waals surface area (Å²) in [5, 5.41) is 28.6. The van der Waals surface area contributed by atoms with E-state index in [1.54, 1.807) is 24.3 Å². The molecule has 108 valence electrons. The van der Waals surface area contributed by atoms with Crippen LogP contribution in [-0.4, -0.2) is 26.1 Å². The lowest BCUT2D eigenvalue weighted by Crippen LogP contribution is -2.04. The highest BCUT2D eigenvalue weighted by molar-refractivity contribution is 5.92. The third kappa shape index (κ3) is 3.31. The van der Waals surface area contributed by atoms with Crippen LogP contribution >= 0.6 is 0 Å². The number of aliphatic hydroxyl groups excluding tert-OH is 1. The second kappa shape index (κ2) is 5.97. The third-order valence-electron chi connectivity index (χ3n) is 2.61. The molecule has 0 amide bonds. The molecule has 0 saturated carbocycles. The highest BCUT2D eigenvalue weighted by atomic mass is 16.6. The van der Waals surface area contributed by atoms with E-state index in [1.165, 1.54) is 0 Å². The molecule has 0 atom stereocenters. The van der Waals surface area contributed by atoms with Gasteiger partial charge in [-0.3, -0.25) is 10.1 Å². The first kappa shape index (κ1) is 14.4. The first-order valence-electron chi connectivity index (χ1n) is 5.76. The maximum atomic E-state index is 11.0. The predicted molar refractivity (Wildman–Crippen MR) is 70.3 cm³/mol. The molecule has 0 aliphatic carbocycles. The van der Waals surface area contributed by atoms with Gasteiger partial charge in [0.1, 0.15) is 17.5 Å². The second-order valence-corrected chi connectivity index (χ2v) is 4.01. The van der Waals surface area contributed by atoms with Gasteiger partial charge in [-0.25, -0.2) is 9.78 Å². The van der Waals surface area contributed by atoms with Gasteiger partial charge in [-0.1, -0.05) is 12.1 Å². The minimum absolute atomic E-state index is 0.0743. The van der Waals surface area contributed by atoms with Gasteiger partial charge in [-0.15, -0.1) is 0 Å². The standard InChI is InChI=1S/C13H10N2O6/c16-7-8-1-3-9(4-2-8)21-12-5-10(13(17)18)11(6-14-12)15(19)20/h1-6,16H,7H2,(H,17,18). The highest BCUT2D eigenvalue weighted by Crippen LogP contribution is 2.25. The van der Waals surface area contributed by atoms with E-state index in [4.69, 9.17) is 14.9 Å². The van der Waals surface area contributed by atoms with E-state index in [9.17, 15) is 14.9 Å². The number of hydrogen-bond donors (Lipinski definition) is 2. The number of carbonyl (C=O) groups is 1. The van der Waals surface area contributed by atoms with Gasteiger partial charge in [-0.2, -0.15) is 0 Å². The lowest BCUT2D eigenvalue weighted by molar-refractivity contribution is -0.385. The minimum Gasteiger partial charge on any atom is -0.477 e. The Bertz CT molecular complexity index is 684. The smallest absolute Gasteiger partial charge is 0.342 e. The van der Waals surface area contributed by atoms with Crippen LogP contribution in [0.25, 0.3) is 0 Å². The lowest BCUT2D eigenvalue weighted by Gasteiger charge is -2.06. The molecule has 0 aliphatic rings. The van der Waals surface area contributed by atoms with Crippen LogP contribution in [0.5, 0.6) is 11.6 Å². The van der Waals surface area contributed by atoms with Crippen molar-refractivity contribution < 1.29 is 24.7 Å². The summed E-state index contributed by atoms with van der Waals surface area (Å²) in [6, 6.07) is 7.36. The van der Waals surface area contributed by atoms with E-state index in [1.807, 2.05) is 0 Å². The van der Waals surface area contributed by atoms with Crippen LogP contribution in [0.1, 0.15) is 15.9 Å². The molecule has 0 spiro atoms. The normalized spacial score (nSPS) is 10.1. The maximum Gasteiger partial charge on any atom is 0.342 e. The number of rotatable bonds is 5. The number of nitro groups is 1. The van der Waals surface area contributed by atoms with Gasteiger partial charge < -0.3 is 14.9 Å². The quantitative estimate of drug-likeness (QED) is 0.637. The Morgan fingerprint density at radius 1 is 1.33 bits per heavy atom. The molecule has 8 heteroatoms. The molecule has 1 aromatic carbocycles. The molecular weight excluding hydrogens is 280 g/mol. The molecule has 0 aliphatic heterocycles. The number of aromatic nitrogens is 1. The Balaban J connectivity index is 2.29. The number of aliphatic hydroxyl groups is 1. The van der Waals surface area contributed by atoms with Crippen molar-refractivity contribution in [1.29, 1.82) is 0 Å². The van der Waals surface area contributed by atoms with Crippen molar-refractivity contribution in [2.75, 3.05) is 0 Å². The van der Waals surface area contributed by atoms with Crippen LogP contribution < -0.4 is 4.74 Å². The van der Waals surface area contributed by atoms with Crippen molar-refractivity contribution in [1.82, 2.24) is 4.98 Å². The van der Waals surface area contributed by atoms with Gasteiger partial charge in [0, 0.05) is 6.07 Å². The maximum absolute atomic E-state index is 11.0. The number of benzene rings is 1. The largest absolute Gasteiger partial charge is 0.477 e. The van der Waals surface area contributed by atoms with E-state index in [0.29, 0.717) is 11.3 Å². The van der Waals surface area contributed by atoms with Crippen molar-refractivity contribution in [3.63, 3.8) is 0 Å². The lowest BCUT2D eigenvalue weighted by atomic mass is 10.2. The molecule has 2 N–H and O–H groups in total. The number of aromatic carboxylic acids is 1. The van der Waals surface area contributed by atoms with Crippen molar-refractivity contribution >= 4 is 11.7 Å². The summed E-state index contributed by atoms with van der Waals surface area (Å²) < 4.78 is 5.32. The number of carboxylic acid groups (broad SMARTS) is 1. The minimum atomic E-state index is -1.44. The Morgan fingerprint density at radius 2 is 2.00 bits per heavy atom. The zero-order valence-corrected chi connectivity index (χ0v) is 10.6. The molecule has 0 unspecified atom stereocenters. The van der Waals surface area contributed by atoms with E-state index >= 15 is 0 Å². The van der Waals surface area contributed by atoms with Gasteiger partial charge in [-0.05, 0) is 17.7 Å². The van der Waals surface area contributed by atoms with E-state index < -0.39 is 22.1 Å². The molecule has 0 radical (unpaired) electrons. The molecule has 21 heavy (non-hydrogen) atoms. The summed E-state index contributed by atoms with van der Waals surface area (Å²) in [5.74, 6) is -1.15. The summed E-state index contributed by atoms with van der Waals surface area (Å²) >= 11 is 0. The number of pyridine rings is 1. The van der Waals surface area contributed by atoms with Gasteiger partial charge >= 0.3 is 11.7 Å². The Labute approximate surface area is 118 Å². The molecule has 1 aromatic heterocycles. The van der Waals surface area contributed by atoms with Crippen molar-refractivity contribution in [3.05, 3.63) is 57.8 Å². The van der Waals surface area contributed by atoms with Crippen molar-refractivity contribution in [2.24, 2.45) is 0 Å². The molecule has 0 bridgehead atoms. The summed E-state index contributed by atoms with van der Waals surface area (Å²) in [7, 11) is 0. The summed E-state index contributed by atoms with van der Waals surface area (Å²) in [6.45, 7) is -0.112.